The van der Waals surface area contributed by atoms with E-state index < -0.39 is 10.0 Å². The molecule has 1 aromatic rings. The lowest BCUT2D eigenvalue weighted by atomic mass is 10.4. The number of hydrogen-bond acceptors (Lipinski definition) is 3. The van der Waals surface area contributed by atoms with Crippen molar-refractivity contribution in [1.29, 1.82) is 0 Å². The average Bonchev–Trinajstić information content (AvgIpc) is 2.12. The normalized spacial score (nSPS) is 11.8. The van der Waals surface area contributed by atoms with Crippen LogP contribution in [0.4, 0.5) is 0 Å². The molecule has 0 aromatic heterocycles. The van der Waals surface area contributed by atoms with E-state index in [0.717, 1.165) is 0 Å². The first kappa shape index (κ1) is 14.2. The van der Waals surface area contributed by atoms with Crippen LogP contribution in [-0.4, -0.2) is 15.0 Å². The monoisotopic (exact) mass is 347 g/mol. The highest BCUT2D eigenvalue weighted by molar-refractivity contribution is 9.10. The Morgan fingerprint density at radius 3 is 2.31 bits per heavy atom. The summed E-state index contributed by atoms with van der Waals surface area (Å²) in [6.45, 7) is 1.85. The predicted molar refractivity (Wildman–Crippen MR) is 66.1 cm³/mol. The van der Waals surface area contributed by atoms with Gasteiger partial charge in [0.15, 0.2) is 0 Å². The third-order valence-corrected chi connectivity index (χ3v) is 4.14. The van der Waals surface area contributed by atoms with Crippen LogP contribution in [0.5, 0.6) is 0 Å². The van der Waals surface area contributed by atoms with Crippen molar-refractivity contribution in [3.05, 3.63) is 26.7 Å². The van der Waals surface area contributed by atoms with E-state index in [2.05, 4.69) is 20.8 Å². The maximum absolute atomic E-state index is 11.7. The Hall–Kier alpha value is 0.150. The van der Waals surface area contributed by atoms with E-state index >= 15 is 0 Å². The minimum Gasteiger partial charge on any atom is -0.287 e. The molecule has 90 valence electrons. The summed E-state index contributed by atoms with van der Waals surface area (Å²) in [4.78, 5) is 6.34. The fraction of sp³-hybridized carbons (Fsp3) is 0.250. The van der Waals surface area contributed by atoms with Crippen molar-refractivity contribution in [2.45, 2.75) is 11.8 Å². The summed E-state index contributed by atoms with van der Waals surface area (Å²) in [6, 6.07) is 2.88. The summed E-state index contributed by atoms with van der Waals surface area (Å²) >= 11 is 14.8. The van der Waals surface area contributed by atoms with Crippen molar-refractivity contribution >= 4 is 49.2 Å². The molecule has 0 aliphatic carbocycles. The number of benzene rings is 1. The Labute approximate surface area is 112 Å². The van der Waals surface area contributed by atoms with Crippen molar-refractivity contribution in [3.63, 3.8) is 0 Å². The van der Waals surface area contributed by atoms with Gasteiger partial charge in [-0.05, 0) is 19.1 Å². The van der Waals surface area contributed by atoms with Gasteiger partial charge in [-0.25, -0.2) is 8.42 Å². The van der Waals surface area contributed by atoms with Crippen LogP contribution in [0.25, 0.3) is 0 Å². The van der Waals surface area contributed by atoms with Crippen LogP contribution in [-0.2, 0) is 14.9 Å². The van der Waals surface area contributed by atoms with Gasteiger partial charge in [-0.1, -0.05) is 44.0 Å². The van der Waals surface area contributed by atoms with Gasteiger partial charge in [0.2, 0.25) is 0 Å². The summed E-state index contributed by atoms with van der Waals surface area (Å²) in [5.74, 6) is 0. The smallest absolute Gasteiger partial charge is 0.265 e. The molecule has 8 heteroatoms. The van der Waals surface area contributed by atoms with Crippen LogP contribution < -0.4 is 4.89 Å². The van der Waals surface area contributed by atoms with E-state index in [-0.39, 0.29) is 21.5 Å². The lowest BCUT2D eigenvalue weighted by molar-refractivity contribution is 0.105. The summed E-state index contributed by atoms with van der Waals surface area (Å²) < 4.78 is 24.0. The van der Waals surface area contributed by atoms with Crippen LogP contribution in [0.2, 0.25) is 10.0 Å². The van der Waals surface area contributed by atoms with Gasteiger partial charge < -0.3 is 0 Å². The fourth-order valence-corrected chi connectivity index (χ4v) is 3.77. The molecule has 0 saturated carbocycles. The minimum atomic E-state index is -3.86. The zero-order valence-corrected chi connectivity index (χ0v) is 12.0. The summed E-state index contributed by atoms with van der Waals surface area (Å²) in [5.41, 5.74) is 0. The van der Waals surface area contributed by atoms with Crippen molar-refractivity contribution in [1.82, 2.24) is 4.89 Å². The Kier molecular flexibility index (Phi) is 5.03. The third kappa shape index (κ3) is 3.32. The number of hydrogen-bond donors (Lipinski definition) is 1. The first-order valence-electron chi connectivity index (χ1n) is 4.16. The fourth-order valence-electron chi connectivity index (χ4n) is 0.964. The predicted octanol–water partition coefficient (Wildman–Crippen LogP) is 2.99. The van der Waals surface area contributed by atoms with Crippen LogP contribution >= 0.6 is 39.1 Å². The summed E-state index contributed by atoms with van der Waals surface area (Å²) in [5, 5.41) is 0.0400. The topological polar surface area (TPSA) is 55.4 Å². The molecule has 0 aliphatic rings. The third-order valence-electron chi connectivity index (χ3n) is 1.54. The quantitative estimate of drug-likeness (QED) is 0.851. The van der Waals surface area contributed by atoms with Crippen LogP contribution in [0.15, 0.2) is 21.5 Å². The molecule has 0 aliphatic heterocycles. The molecule has 0 atom stereocenters. The number of nitrogens with one attached hydrogen (secondary N) is 1. The Bertz CT molecular complexity index is 469. The minimum absolute atomic E-state index is 0.0200. The van der Waals surface area contributed by atoms with Gasteiger partial charge in [0.25, 0.3) is 10.0 Å². The lowest BCUT2D eigenvalue weighted by Gasteiger charge is -2.09. The van der Waals surface area contributed by atoms with Crippen molar-refractivity contribution in [3.8, 4) is 0 Å². The highest BCUT2D eigenvalue weighted by atomic mass is 79.9. The molecule has 16 heavy (non-hydrogen) atoms. The molecule has 0 bridgehead atoms. The van der Waals surface area contributed by atoms with E-state index in [0.29, 0.717) is 4.47 Å². The highest BCUT2D eigenvalue weighted by Crippen LogP contribution is 2.32. The molecule has 0 radical (unpaired) electrons. The molecule has 0 heterocycles. The molecule has 0 spiro atoms. The first-order chi connectivity index (χ1) is 7.38. The second-order valence-corrected chi connectivity index (χ2v) is 6.03. The maximum atomic E-state index is 11.7. The van der Waals surface area contributed by atoms with Crippen LogP contribution in [0, 0.1) is 0 Å². The molecule has 1 aromatic carbocycles. The molecular formula is C8H8BrCl2NO3S. The van der Waals surface area contributed by atoms with Gasteiger partial charge in [0.05, 0.1) is 16.7 Å². The maximum Gasteiger partial charge on any atom is 0.265 e. The standard InChI is InChI=1S/C8H8BrCl2NO3S/c1-2-15-12-16(13,14)8-6(10)3-5(9)4-7(8)11/h3-4,12H,2H2,1H3. The molecule has 0 amide bonds. The Morgan fingerprint density at radius 2 is 1.88 bits per heavy atom. The molecule has 0 unspecified atom stereocenters. The zero-order chi connectivity index (χ0) is 12.3. The first-order valence-corrected chi connectivity index (χ1v) is 7.20. The molecule has 0 fully saturated rings. The molecule has 1 N–H and O–H groups in total. The second kappa shape index (κ2) is 5.66. The van der Waals surface area contributed by atoms with Gasteiger partial charge in [0, 0.05) is 4.47 Å². The zero-order valence-electron chi connectivity index (χ0n) is 8.13. The van der Waals surface area contributed by atoms with E-state index in [1.54, 1.807) is 6.92 Å². The van der Waals surface area contributed by atoms with Gasteiger partial charge >= 0.3 is 0 Å². The van der Waals surface area contributed by atoms with Gasteiger partial charge in [-0.15, -0.1) is 0 Å². The number of rotatable bonds is 4. The van der Waals surface area contributed by atoms with Crippen molar-refractivity contribution in [2.75, 3.05) is 6.61 Å². The SMILES string of the molecule is CCONS(=O)(=O)c1c(Cl)cc(Br)cc1Cl. The number of halogens is 3. The van der Waals surface area contributed by atoms with E-state index in [4.69, 9.17) is 23.2 Å². The van der Waals surface area contributed by atoms with E-state index in [1.807, 2.05) is 4.89 Å². The van der Waals surface area contributed by atoms with Crippen LogP contribution in [0.1, 0.15) is 6.92 Å². The Morgan fingerprint density at radius 1 is 1.38 bits per heavy atom. The summed E-state index contributed by atoms with van der Waals surface area (Å²) in [7, 11) is -3.86. The molecule has 0 saturated heterocycles. The highest BCUT2D eigenvalue weighted by Gasteiger charge is 2.22. The van der Waals surface area contributed by atoms with Crippen molar-refractivity contribution < 1.29 is 13.3 Å². The average molecular weight is 349 g/mol. The molecular weight excluding hydrogens is 341 g/mol. The second-order valence-electron chi connectivity index (χ2n) is 2.72. The largest absolute Gasteiger partial charge is 0.287 e. The molecule has 1 rings (SSSR count). The van der Waals surface area contributed by atoms with Crippen LogP contribution in [0.3, 0.4) is 0 Å². The van der Waals surface area contributed by atoms with Crippen molar-refractivity contribution in [2.24, 2.45) is 0 Å². The lowest BCUT2D eigenvalue weighted by Crippen LogP contribution is -2.24. The van der Waals surface area contributed by atoms with Gasteiger partial charge in [-0.2, -0.15) is 0 Å². The summed E-state index contributed by atoms with van der Waals surface area (Å²) in [6.07, 6.45) is 0. The van der Waals surface area contributed by atoms with Gasteiger partial charge in [0.1, 0.15) is 4.90 Å². The number of sulfonamides is 1. The van der Waals surface area contributed by atoms with E-state index in [1.165, 1.54) is 12.1 Å². The Balaban J connectivity index is 3.23. The molecule has 4 nitrogen and oxygen atoms in total. The van der Waals surface area contributed by atoms with Gasteiger partial charge in [-0.3, -0.25) is 4.84 Å². The van der Waals surface area contributed by atoms with E-state index in [9.17, 15) is 8.42 Å².